The molecule has 1 saturated heterocycles. The minimum absolute atomic E-state index is 0.796. The molecule has 0 aromatic carbocycles. The van der Waals surface area contributed by atoms with Gasteiger partial charge in [0.1, 0.15) is 5.01 Å². The molecule has 0 amide bonds. The number of piperidine rings is 1. The van der Waals surface area contributed by atoms with Crippen molar-refractivity contribution < 1.29 is 0 Å². The van der Waals surface area contributed by atoms with Gasteiger partial charge in [-0.2, -0.15) is 0 Å². The van der Waals surface area contributed by atoms with E-state index in [1.54, 1.807) is 11.3 Å². The second-order valence-corrected chi connectivity index (χ2v) is 6.47. The molecule has 5 heteroatoms. The Balaban J connectivity index is 1.84. The van der Waals surface area contributed by atoms with E-state index < -0.39 is 0 Å². The van der Waals surface area contributed by atoms with Crippen LogP contribution in [0.1, 0.15) is 38.6 Å². The molecule has 0 radical (unpaired) electrons. The fourth-order valence-electron chi connectivity index (χ4n) is 2.30. The number of hydrogen-bond donors (Lipinski definition) is 1. The Morgan fingerprint density at radius 3 is 2.89 bits per heavy atom. The van der Waals surface area contributed by atoms with E-state index >= 15 is 0 Å². The maximum Gasteiger partial charge on any atom is 0.205 e. The molecule has 2 unspecified atom stereocenters. The number of nitrogens with one attached hydrogen (secondary N) is 1. The molecule has 1 aliphatic heterocycles. The van der Waals surface area contributed by atoms with Crippen LogP contribution >= 0.6 is 11.3 Å². The Kier molecular flexibility index (Phi) is 4.95. The van der Waals surface area contributed by atoms with Crippen LogP contribution in [0.2, 0.25) is 0 Å². The molecule has 1 fully saturated rings. The van der Waals surface area contributed by atoms with Gasteiger partial charge in [0.2, 0.25) is 5.13 Å². The van der Waals surface area contributed by atoms with Crippen molar-refractivity contribution in [2.45, 2.75) is 40.2 Å². The fourth-order valence-corrected chi connectivity index (χ4v) is 3.11. The lowest BCUT2D eigenvalue weighted by molar-refractivity contribution is 0.132. The summed E-state index contributed by atoms with van der Waals surface area (Å²) in [5.41, 5.74) is 0. The van der Waals surface area contributed by atoms with Crippen molar-refractivity contribution >= 4 is 16.5 Å². The van der Waals surface area contributed by atoms with Crippen molar-refractivity contribution in [3.63, 3.8) is 0 Å². The van der Waals surface area contributed by atoms with Gasteiger partial charge in [-0.3, -0.25) is 4.90 Å². The molecule has 1 N–H and O–H groups in total. The average molecular weight is 268 g/mol. The molecule has 1 aromatic heterocycles. The van der Waals surface area contributed by atoms with Gasteiger partial charge in [-0.25, -0.2) is 0 Å². The van der Waals surface area contributed by atoms with Gasteiger partial charge in [-0.05, 0) is 31.2 Å². The van der Waals surface area contributed by atoms with Crippen LogP contribution in [0.15, 0.2) is 0 Å². The first kappa shape index (κ1) is 13.7. The highest BCUT2D eigenvalue weighted by molar-refractivity contribution is 7.15. The van der Waals surface area contributed by atoms with Crippen LogP contribution in [0, 0.1) is 11.8 Å². The van der Waals surface area contributed by atoms with Crippen LogP contribution < -0.4 is 5.32 Å². The molecule has 2 atom stereocenters. The second-order valence-electron chi connectivity index (χ2n) is 5.41. The van der Waals surface area contributed by atoms with E-state index in [1.807, 2.05) is 0 Å². The first-order chi connectivity index (χ1) is 8.69. The molecule has 2 heterocycles. The topological polar surface area (TPSA) is 41.1 Å². The van der Waals surface area contributed by atoms with Crippen LogP contribution in [0.25, 0.3) is 0 Å². The van der Waals surface area contributed by atoms with Gasteiger partial charge in [0.25, 0.3) is 0 Å². The number of rotatable bonds is 5. The highest BCUT2D eigenvalue weighted by atomic mass is 32.1. The highest BCUT2D eigenvalue weighted by Crippen LogP contribution is 2.25. The van der Waals surface area contributed by atoms with E-state index in [0.29, 0.717) is 0 Å². The lowest BCUT2D eigenvalue weighted by Gasteiger charge is -2.34. The molecule has 0 spiro atoms. The zero-order valence-electron chi connectivity index (χ0n) is 11.6. The van der Waals surface area contributed by atoms with Crippen LogP contribution in [-0.4, -0.2) is 34.7 Å². The number of likely N-dealkylation sites (tertiary alicyclic amines) is 1. The van der Waals surface area contributed by atoms with E-state index in [0.717, 1.165) is 41.5 Å². The second kappa shape index (κ2) is 6.48. The van der Waals surface area contributed by atoms with Gasteiger partial charge < -0.3 is 5.32 Å². The van der Waals surface area contributed by atoms with Crippen LogP contribution in [0.5, 0.6) is 0 Å². The Hall–Kier alpha value is -0.680. The summed E-state index contributed by atoms with van der Waals surface area (Å²) in [5, 5.41) is 13.8. The molecule has 102 valence electrons. The minimum atomic E-state index is 0.796. The largest absolute Gasteiger partial charge is 0.360 e. The fraction of sp³-hybridized carbons (Fsp3) is 0.846. The van der Waals surface area contributed by atoms with E-state index in [4.69, 9.17) is 0 Å². The lowest BCUT2D eigenvalue weighted by Crippen LogP contribution is -2.37. The van der Waals surface area contributed by atoms with Gasteiger partial charge in [0.15, 0.2) is 0 Å². The van der Waals surface area contributed by atoms with Gasteiger partial charge >= 0.3 is 0 Å². The minimum Gasteiger partial charge on any atom is -0.360 e. The van der Waals surface area contributed by atoms with Crippen molar-refractivity contribution in [2.24, 2.45) is 11.8 Å². The molecular formula is C13H24N4S. The summed E-state index contributed by atoms with van der Waals surface area (Å²) in [7, 11) is 0. The van der Waals surface area contributed by atoms with Crippen LogP contribution in [0.3, 0.4) is 0 Å². The highest BCUT2D eigenvalue weighted by Gasteiger charge is 2.23. The molecule has 1 aliphatic rings. The Morgan fingerprint density at radius 2 is 2.17 bits per heavy atom. The summed E-state index contributed by atoms with van der Waals surface area (Å²) in [4.78, 5) is 2.51. The molecule has 18 heavy (non-hydrogen) atoms. The molecule has 0 bridgehead atoms. The average Bonchev–Trinajstić information content (AvgIpc) is 2.79. The monoisotopic (exact) mass is 268 g/mol. The quantitative estimate of drug-likeness (QED) is 0.891. The van der Waals surface area contributed by atoms with Gasteiger partial charge in [0, 0.05) is 13.1 Å². The van der Waals surface area contributed by atoms with Crippen LogP contribution in [-0.2, 0) is 6.54 Å². The third kappa shape index (κ3) is 3.65. The first-order valence-electron chi connectivity index (χ1n) is 6.97. The van der Waals surface area contributed by atoms with Crippen molar-refractivity contribution in [1.29, 1.82) is 0 Å². The van der Waals surface area contributed by atoms with Gasteiger partial charge in [-0.1, -0.05) is 32.1 Å². The predicted octanol–water partition coefficient (Wildman–Crippen LogP) is 2.84. The Bertz CT molecular complexity index is 366. The number of nitrogens with zero attached hydrogens (tertiary/aromatic N) is 3. The molecule has 1 aromatic rings. The Labute approximate surface area is 114 Å². The summed E-state index contributed by atoms with van der Waals surface area (Å²) in [6.07, 6.45) is 2.43. The van der Waals surface area contributed by atoms with E-state index in [1.165, 1.54) is 19.5 Å². The molecule has 2 rings (SSSR count). The van der Waals surface area contributed by atoms with Crippen molar-refractivity contribution in [3.8, 4) is 0 Å². The normalized spacial score (nSPS) is 25.3. The molecule has 0 saturated carbocycles. The third-order valence-corrected chi connectivity index (χ3v) is 4.64. The maximum atomic E-state index is 4.27. The molecule has 4 nitrogen and oxygen atoms in total. The van der Waals surface area contributed by atoms with Gasteiger partial charge in [0.05, 0.1) is 6.54 Å². The van der Waals surface area contributed by atoms with Gasteiger partial charge in [-0.15, -0.1) is 10.2 Å². The Morgan fingerprint density at radius 1 is 1.33 bits per heavy atom. The summed E-state index contributed by atoms with van der Waals surface area (Å²) >= 11 is 1.69. The van der Waals surface area contributed by atoms with Crippen LogP contribution in [0.4, 0.5) is 5.13 Å². The summed E-state index contributed by atoms with van der Waals surface area (Å²) in [6.45, 7) is 11.2. The smallest absolute Gasteiger partial charge is 0.205 e. The van der Waals surface area contributed by atoms with E-state index in [-0.39, 0.29) is 0 Å². The molecular weight excluding hydrogens is 244 g/mol. The SMILES string of the molecule is CCCNc1nnc(CN2CCC(C)C(C)C2)s1. The zero-order valence-corrected chi connectivity index (χ0v) is 12.5. The standard InChI is InChI=1S/C13H24N4S/c1-4-6-14-13-16-15-12(18-13)9-17-7-5-10(2)11(3)8-17/h10-11H,4-9H2,1-3H3,(H,14,16). The number of hydrogen-bond acceptors (Lipinski definition) is 5. The number of anilines is 1. The summed E-state index contributed by atoms with van der Waals surface area (Å²) < 4.78 is 0. The third-order valence-electron chi connectivity index (χ3n) is 3.77. The summed E-state index contributed by atoms with van der Waals surface area (Å²) in [5.74, 6) is 1.65. The maximum absolute atomic E-state index is 4.27. The van der Waals surface area contributed by atoms with Crippen molar-refractivity contribution in [1.82, 2.24) is 15.1 Å². The molecule has 0 aliphatic carbocycles. The lowest BCUT2D eigenvalue weighted by atomic mass is 9.89. The first-order valence-corrected chi connectivity index (χ1v) is 7.79. The zero-order chi connectivity index (χ0) is 13.0. The van der Waals surface area contributed by atoms with E-state index in [9.17, 15) is 0 Å². The van der Waals surface area contributed by atoms with Crippen molar-refractivity contribution in [2.75, 3.05) is 25.0 Å². The number of aromatic nitrogens is 2. The summed E-state index contributed by atoms with van der Waals surface area (Å²) in [6, 6.07) is 0. The van der Waals surface area contributed by atoms with Crippen molar-refractivity contribution in [3.05, 3.63) is 5.01 Å². The van der Waals surface area contributed by atoms with E-state index in [2.05, 4.69) is 41.2 Å². The predicted molar refractivity (Wildman–Crippen MR) is 76.9 cm³/mol.